The normalized spacial score (nSPS) is 30.2. The summed E-state index contributed by atoms with van der Waals surface area (Å²) in [5.74, 6) is 1.23. The summed E-state index contributed by atoms with van der Waals surface area (Å²) >= 11 is 2.11. The number of nitrogens with two attached hydrogens (primary N) is 1. The second-order valence-electron chi connectivity index (χ2n) is 4.51. The molecule has 0 bridgehead atoms. The summed E-state index contributed by atoms with van der Waals surface area (Å²) in [7, 11) is 0. The second-order valence-corrected chi connectivity index (χ2v) is 5.92. The molecule has 0 aromatic heterocycles. The van der Waals surface area contributed by atoms with Gasteiger partial charge in [0.15, 0.2) is 0 Å². The van der Waals surface area contributed by atoms with Crippen LogP contribution in [0, 0.1) is 0 Å². The fraction of sp³-hybridized carbons (Fsp3) is 1.00. The van der Waals surface area contributed by atoms with Gasteiger partial charge in [0.05, 0.1) is 5.60 Å². The van der Waals surface area contributed by atoms with Gasteiger partial charge in [-0.3, -0.25) is 0 Å². The van der Waals surface area contributed by atoms with Crippen LogP contribution in [0.1, 0.15) is 38.5 Å². The van der Waals surface area contributed by atoms with E-state index in [9.17, 15) is 0 Å². The van der Waals surface area contributed by atoms with Crippen molar-refractivity contribution < 1.29 is 4.74 Å². The highest BCUT2D eigenvalue weighted by Crippen LogP contribution is 2.44. The summed E-state index contributed by atoms with van der Waals surface area (Å²) in [4.78, 5) is 0. The molecule has 1 atom stereocenters. The first-order chi connectivity index (χ1) is 6.85. The lowest BCUT2D eigenvalue weighted by Crippen LogP contribution is -2.46. The van der Waals surface area contributed by atoms with Crippen LogP contribution in [0.4, 0.5) is 0 Å². The van der Waals surface area contributed by atoms with Crippen molar-refractivity contribution in [2.24, 2.45) is 5.73 Å². The fourth-order valence-corrected chi connectivity index (χ4v) is 3.73. The molecule has 14 heavy (non-hydrogen) atoms. The minimum absolute atomic E-state index is 0.318. The zero-order chi connectivity index (χ0) is 9.86. The van der Waals surface area contributed by atoms with Crippen LogP contribution in [0.3, 0.4) is 0 Å². The minimum Gasteiger partial charge on any atom is -0.375 e. The third-order valence-electron chi connectivity index (χ3n) is 3.41. The summed E-state index contributed by atoms with van der Waals surface area (Å²) in [5, 5.41) is 0.843. The van der Waals surface area contributed by atoms with Crippen molar-refractivity contribution in [3.8, 4) is 0 Å². The number of hydrogen-bond donors (Lipinski definition) is 1. The molecule has 1 saturated heterocycles. The van der Waals surface area contributed by atoms with Crippen LogP contribution in [0.5, 0.6) is 0 Å². The van der Waals surface area contributed by atoms with Crippen molar-refractivity contribution in [3.05, 3.63) is 0 Å². The summed E-state index contributed by atoms with van der Waals surface area (Å²) in [5.41, 5.74) is 5.81. The molecular weight excluding hydrogens is 194 g/mol. The number of hydrogen-bond acceptors (Lipinski definition) is 3. The Morgan fingerprint density at radius 1 is 1.43 bits per heavy atom. The Labute approximate surface area is 91.0 Å². The highest BCUT2D eigenvalue weighted by Gasteiger charge is 2.42. The standard InChI is InChI=1S/C11H21NOS/c12-6-2-8-14-10-3-7-13-11(9-10)4-1-5-11/h10H,1-9,12H2. The van der Waals surface area contributed by atoms with Crippen molar-refractivity contribution in [1.82, 2.24) is 0 Å². The lowest BCUT2D eigenvalue weighted by Gasteiger charge is -2.47. The first kappa shape index (κ1) is 10.8. The molecule has 0 aromatic carbocycles. The monoisotopic (exact) mass is 215 g/mol. The molecule has 1 unspecified atom stereocenters. The maximum atomic E-state index is 5.90. The van der Waals surface area contributed by atoms with E-state index in [2.05, 4.69) is 11.8 Å². The van der Waals surface area contributed by atoms with Crippen LogP contribution in [0.25, 0.3) is 0 Å². The van der Waals surface area contributed by atoms with E-state index in [1.165, 1.54) is 37.9 Å². The van der Waals surface area contributed by atoms with Gasteiger partial charge in [0, 0.05) is 11.9 Å². The molecule has 2 aliphatic rings. The molecule has 3 heteroatoms. The third-order valence-corrected chi connectivity index (χ3v) is 4.81. The Balaban J connectivity index is 1.71. The topological polar surface area (TPSA) is 35.2 Å². The highest BCUT2D eigenvalue weighted by molar-refractivity contribution is 7.99. The molecule has 2 rings (SSSR count). The predicted molar refractivity (Wildman–Crippen MR) is 61.7 cm³/mol. The molecule has 1 aliphatic carbocycles. The summed E-state index contributed by atoms with van der Waals surface area (Å²) in [6, 6.07) is 0. The molecule has 2 nitrogen and oxygen atoms in total. The van der Waals surface area contributed by atoms with Gasteiger partial charge in [-0.2, -0.15) is 11.8 Å². The van der Waals surface area contributed by atoms with Crippen molar-refractivity contribution in [2.45, 2.75) is 49.4 Å². The summed E-state index contributed by atoms with van der Waals surface area (Å²) < 4.78 is 5.90. The van der Waals surface area contributed by atoms with E-state index >= 15 is 0 Å². The maximum absolute atomic E-state index is 5.90. The van der Waals surface area contributed by atoms with Crippen molar-refractivity contribution in [3.63, 3.8) is 0 Å². The van der Waals surface area contributed by atoms with Gasteiger partial charge >= 0.3 is 0 Å². The van der Waals surface area contributed by atoms with Gasteiger partial charge in [-0.1, -0.05) is 0 Å². The van der Waals surface area contributed by atoms with E-state index in [1.807, 2.05) is 0 Å². The quantitative estimate of drug-likeness (QED) is 0.730. The van der Waals surface area contributed by atoms with E-state index in [4.69, 9.17) is 10.5 Å². The van der Waals surface area contributed by atoms with Crippen LogP contribution in [0.15, 0.2) is 0 Å². The maximum Gasteiger partial charge on any atom is 0.0693 e. The first-order valence-corrected chi connectivity index (χ1v) is 6.85. The minimum atomic E-state index is 0.318. The molecule has 2 fully saturated rings. The Bertz CT molecular complexity index is 182. The number of rotatable bonds is 4. The molecule has 1 saturated carbocycles. The van der Waals surface area contributed by atoms with E-state index in [0.717, 1.165) is 24.8 Å². The smallest absolute Gasteiger partial charge is 0.0693 e. The summed E-state index contributed by atoms with van der Waals surface area (Å²) in [6.45, 7) is 1.82. The van der Waals surface area contributed by atoms with Gasteiger partial charge in [-0.05, 0) is 50.8 Å². The molecule has 2 N–H and O–H groups in total. The van der Waals surface area contributed by atoms with Crippen molar-refractivity contribution >= 4 is 11.8 Å². The van der Waals surface area contributed by atoms with Crippen molar-refractivity contribution in [1.29, 1.82) is 0 Å². The van der Waals surface area contributed by atoms with Crippen molar-refractivity contribution in [2.75, 3.05) is 18.9 Å². The van der Waals surface area contributed by atoms with Crippen LogP contribution >= 0.6 is 11.8 Å². The molecule has 1 heterocycles. The van der Waals surface area contributed by atoms with Gasteiger partial charge in [-0.25, -0.2) is 0 Å². The van der Waals surface area contributed by atoms with Gasteiger partial charge in [0.25, 0.3) is 0 Å². The zero-order valence-electron chi connectivity index (χ0n) is 8.84. The molecule has 0 amide bonds. The molecular formula is C11H21NOS. The SMILES string of the molecule is NCCCSC1CCOC2(CCC2)C1. The fourth-order valence-electron chi connectivity index (χ4n) is 2.38. The van der Waals surface area contributed by atoms with E-state index < -0.39 is 0 Å². The molecule has 0 radical (unpaired) electrons. The first-order valence-electron chi connectivity index (χ1n) is 5.80. The molecule has 0 aromatic rings. The number of thioether (sulfide) groups is 1. The third kappa shape index (κ3) is 2.44. The molecule has 1 aliphatic heterocycles. The summed E-state index contributed by atoms with van der Waals surface area (Å²) in [6.07, 6.45) is 7.69. The second kappa shape index (κ2) is 4.86. The van der Waals surface area contributed by atoms with Crippen LogP contribution in [0.2, 0.25) is 0 Å². The highest BCUT2D eigenvalue weighted by atomic mass is 32.2. The number of ether oxygens (including phenoxy) is 1. The van der Waals surface area contributed by atoms with Crippen LogP contribution in [-0.2, 0) is 4.74 Å². The predicted octanol–water partition coefficient (Wildman–Crippen LogP) is 2.17. The Morgan fingerprint density at radius 2 is 2.29 bits per heavy atom. The average molecular weight is 215 g/mol. The Morgan fingerprint density at radius 3 is 2.93 bits per heavy atom. The lowest BCUT2D eigenvalue weighted by molar-refractivity contribution is -0.125. The van der Waals surface area contributed by atoms with Gasteiger partial charge in [-0.15, -0.1) is 0 Å². The average Bonchev–Trinajstić information content (AvgIpc) is 2.17. The van der Waals surface area contributed by atoms with Gasteiger partial charge < -0.3 is 10.5 Å². The molecule has 1 spiro atoms. The van der Waals surface area contributed by atoms with E-state index in [-0.39, 0.29) is 0 Å². The Kier molecular flexibility index (Phi) is 3.74. The molecule has 82 valence electrons. The lowest BCUT2D eigenvalue weighted by atomic mass is 9.75. The van der Waals surface area contributed by atoms with Crippen LogP contribution in [-0.4, -0.2) is 29.8 Å². The van der Waals surface area contributed by atoms with Gasteiger partial charge in [0.2, 0.25) is 0 Å². The van der Waals surface area contributed by atoms with E-state index in [1.54, 1.807) is 0 Å². The van der Waals surface area contributed by atoms with Gasteiger partial charge in [0.1, 0.15) is 0 Å². The Hall–Kier alpha value is 0.270. The largest absolute Gasteiger partial charge is 0.375 e. The van der Waals surface area contributed by atoms with E-state index in [0.29, 0.717) is 5.60 Å². The van der Waals surface area contributed by atoms with Crippen LogP contribution < -0.4 is 5.73 Å². The zero-order valence-corrected chi connectivity index (χ0v) is 9.65.